The molecule has 1 saturated heterocycles. The van der Waals surface area contributed by atoms with E-state index in [1.165, 1.54) is 5.57 Å². The number of fused-ring (bicyclic) bond motifs is 3. The molecule has 2 spiro atoms. The van der Waals surface area contributed by atoms with Crippen LogP contribution in [0, 0.1) is 55.7 Å². The van der Waals surface area contributed by atoms with Gasteiger partial charge in [0.15, 0.2) is 6.29 Å². The minimum absolute atomic E-state index is 0.000175. The number of hydrogen-bond donors (Lipinski definition) is 7. The predicted octanol–water partition coefficient (Wildman–Crippen LogP) is 3.54. The molecule has 0 unspecified atom stereocenters. The summed E-state index contributed by atoms with van der Waals surface area (Å²) < 4.78 is 12.0. The van der Waals surface area contributed by atoms with Gasteiger partial charge in [-0.2, -0.15) is 0 Å². The third kappa shape index (κ3) is 4.10. The van der Waals surface area contributed by atoms with Crippen molar-refractivity contribution in [2.45, 2.75) is 147 Å². The number of rotatable bonds is 5. The lowest BCUT2D eigenvalue weighted by Crippen LogP contribution is -2.77. The first-order valence-corrected chi connectivity index (χ1v) is 19.3. The van der Waals surface area contributed by atoms with Gasteiger partial charge < -0.3 is 45.2 Å². The Kier molecular flexibility index (Phi) is 7.99. The van der Waals surface area contributed by atoms with Gasteiger partial charge in [-0.3, -0.25) is 4.79 Å². The van der Waals surface area contributed by atoms with E-state index in [0.29, 0.717) is 31.6 Å². The van der Waals surface area contributed by atoms with Crippen LogP contribution in [0.1, 0.15) is 111 Å². The zero-order valence-corrected chi connectivity index (χ0v) is 29.6. The fraction of sp³-hybridized carbons (Fsp3) is 0.923. The highest BCUT2D eigenvalue weighted by Crippen LogP contribution is 2.87. The molecule has 0 amide bonds. The molecule has 8 rings (SSSR count). The van der Waals surface area contributed by atoms with Gasteiger partial charge in [-0.25, -0.2) is 0 Å². The Labute approximate surface area is 290 Å². The van der Waals surface area contributed by atoms with E-state index < -0.39 is 53.6 Å². The second kappa shape index (κ2) is 11.2. The van der Waals surface area contributed by atoms with E-state index in [2.05, 4.69) is 19.9 Å². The Morgan fingerprint density at radius 1 is 0.857 bits per heavy atom. The molecule has 49 heavy (non-hydrogen) atoms. The van der Waals surface area contributed by atoms with E-state index in [0.717, 1.165) is 64.2 Å². The third-order valence-electron chi connectivity index (χ3n) is 17.5. The molecular formula is C39H60O10. The van der Waals surface area contributed by atoms with Gasteiger partial charge >= 0.3 is 5.97 Å². The minimum Gasteiger partial charge on any atom is -0.481 e. The van der Waals surface area contributed by atoms with Crippen molar-refractivity contribution in [1.82, 2.24) is 0 Å². The van der Waals surface area contributed by atoms with E-state index in [1.54, 1.807) is 0 Å². The monoisotopic (exact) mass is 688 g/mol. The van der Waals surface area contributed by atoms with E-state index in [4.69, 9.17) is 9.47 Å². The van der Waals surface area contributed by atoms with Gasteiger partial charge in [-0.15, -0.1) is 0 Å². The number of carboxylic acids is 1. The van der Waals surface area contributed by atoms with Crippen molar-refractivity contribution in [2.75, 3.05) is 19.8 Å². The van der Waals surface area contributed by atoms with Crippen LogP contribution < -0.4 is 0 Å². The van der Waals surface area contributed by atoms with Crippen molar-refractivity contribution in [2.24, 2.45) is 55.7 Å². The zero-order valence-electron chi connectivity index (χ0n) is 29.6. The lowest BCUT2D eigenvalue weighted by molar-refractivity contribution is -0.350. The Balaban J connectivity index is 1.23. The fourth-order valence-corrected chi connectivity index (χ4v) is 15.5. The number of carboxylic acid groups (broad SMARTS) is 1. The molecule has 1 heterocycles. The summed E-state index contributed by atoms with van der Waals surface area (Å²) in [4.78, 5) is 13.4. The first kappa shape index (κ1) is 34.9. The summed E-state index contributed by atoms with van der Waals surface area (Å²) in [6.07, 6.45) is 7.57. The Morgan fingerprint density at radius 3 is 2.33 bits per heavy atom. The van der Waals surface area contributed by atoms with Gasteiger partial charge in [0.25, 0.3) is 0 Å². The lowest BCUT2D eigenvalue weighted by Gasteiger charge is -2.82. The molecule has 8 aliphatic rings. The van der Waals surface area contributed by atoms with Gasteiger partial charge in [-0.05, 0) is 116 Å². The van der Waals surface area contributed by atoms with Crippen LogP contribution in [0.3, 0.4) is 0 Å². The van der Waals surface area contributed by atoms with E-state index in [9.17, 15) is 40.5 Å². The predicted molar refractivity (Wildman–Crippen MR) is 178 cm³/mol. The number of carbonyl (C=O) groups is 1. The van der Waals surface area contributed by atoms with E-state index in [1.807, 2.05) is 6.92 Å². The normalized spacial score (nSPS) is 57.9. The molecule has 7 fully saturated rings. The standard InChI is InChI=1S/C39H60O10/c1-33(20-40)14-15-36(32(46)47)16-22-6-4-9-38-13-8-27-34(2,21-41)30(49-31-29(45)28(44)26(43)19-48-31)25(42)18-35(27,3)37(38)10-5-11-39(22,38)23(7-12-37)24(36)17-33/h7,22,24-31,40-45H,4-6,8-21H2,1-3H3,(H,46,47)/t22-,24+,25-,26-,27-,28+,29-,30-,31+,33+,34+,35+,36+,37-,38-,39-/m1/s1. The lowest BCUT2D eigenvalue weighted by atomic mass is 9.22. The molecule has 1 aliphatic heterocycles. The first-order chi connectivity index (χ1) is 23.1. The van der Waals surface area contributed by atoms with Gasteiger partial charge in [0.2, 0.25) is 0 Å². The second-order valence-corrected chi connectivity index (χ2v) is 19.1. The van der Waals surface area contributed by atoms with Crippen molar-refractivity contribution in [3.8, 4) is 0 Å². The number of ether oxygens (including phenoxy) is 2. The Bertz CT molecular complexity index is 1390. The molecule has 276 valence electrons. The number of hydrogen-bond acceptors (Lipinski definition) is 9. The highest BCUT2D eigenvalue weighted by Gasteiger charge is 2.81. The summed E-state index contributed by atoms with van der Waals surface area (Å²) in [5.74, 6) is -0.457. The van der Waals surface area contributed by atoms with Crippen molar-refractivity contribution < 1.29 is 50.0 Å². The first-order valence-electron chi connectivity index (χ1n) is 19.3. The average molecular weight is 689 g/mol. The second-order valence-electron chi connectivity index (χ2n) is 19.1. The van der Waals surface area contributed by atoms with Crippen LogP contribution in [0.25, 0.3) is 0 Å². The van der Waals surface area contributed by atoms with Crippen LogP contribution in [-0.4, -0.2) is 98.3 Å². The highest BCUT2D eigenvalue weighted by molar-refractivity contribution is 5.77. The number of aliphatic carboxylic acids is 1. The number of allylic oxidation sites excluding steroid dienone is 2. The molecule has 7 aliphatic carbocycles. The molecule has 16 atom stereocenters. The Morgan fingerprint density at radius 2 is 1.61 bits per heavy atom. The zero-order chi connectivity index (χ0) is 35.0. The van der Waals surface area contributed by atoms with E-state index in [-0.39, 0.29) is 58.7 Å². The van der Waals surface area contributed by atoms with Crippen LogP contribution >= 0.6 is 0 Å². The summed E-state index contributed by atoms with van der Waals surface area (Å²) in [6, 6.07) is 0. The summed E-state index contributed by atoms with van der Waals surface area (Å²) in [6.45, 7) is 6.16. The van der Waals surface area contributed by atoms with Crippen LogP contribution in [0.2, 0.25) is 0 Å². The van der Waals surface area contributed by atoms with Crippen molar-refractivity contribution in [3.05, 3.63) is 11.6 Å². The van der Waals surface area contributed by atoms with Crippen LogP contribution in [0.5, 0.6) is 0 Å². The molecule has 0 aromatic carbocycles. The topological polar surface area (TPSA) is 177 Å². The highest BCUT2D eigenvalue weighted by atomic mass is 16.7. The summed E-state index contributed by atoms with van der Waals surface area (Å²) >= 11 is 0. The minimum atomic E-state index is -1.49. The average Bonchev–Trinajstić information content (AvgIpc) is 3.06. The van der Waals surface area contributed by atoms with E-state index >= 15 is 0 Å². The summed E-state index contributed by atoms with van der Waals surface area (Å²) in [7, 11) is 0. The van der Waals surface area contributed by atoms with Gasteiger partial charge in [0, 0.05) is 17.4 Å². The largest absolute Gasteiger partial charge is 0.481 e. The number of aliphatic hydroxyl groups excluding tert-OH is 6. The third-order valence-corrected chi connectivity index (χ3v) is 17.5. The smallest absolute Gasteiger partial charge is 0.310 e. The summed E-state index contributed by atoms with van der Waals surface area (Å²) in [5.41, 5.74) is -1.19. The quantitative estimate of drug-likeness (QED) is 0.167. The van der Waals surface area contributed by atoms with Crippen LogP contribution in [-0.2, 0) is 14.3 Å². The van der Waals surface area contributed by atoms with Crippen molar-refractivity contribution >= 4 is 5.97 Å². The molecule has 10 nitrogen and oxygen atoms in total. The SMILES string of the molecule is C[C@]1(CO)CC[C@]2(C(=O)O)C[C@H]3CCC[C@@]45CC[C@@H]6[C@](C)(CO)[C@H](O[C@@H]7OC[C@@H](O)[C@H](O)[C@H]7O)[C@H](O)C[C@]6(C)[C@@]46CC=C([C@@H]2C1)[C@@]35CCC6. The van der Waals surface area contributed by atoms with Crippen molar-refractivity contribution in [1.29, 1.82) is 0 Å². The van der Waals surface area contributed by atoms with Crippen molar-refractivity contribution in [3.63, 3.8) is 0 Å². The summed E-state index contributed by atoms with van der Waals surface area (Å²) in [5, 5.41) is 76.1. The fourth-order valence-electron chi connectivity index (χ4n) is 15.5. The molecule has 10 heteroatoms. The van der Waals surface area contributed by atoms with Gasteiger partial charge in [0.05, 0.1) is 30.8 Å². The molecule has 6 saturated carbocycles. The van der Waals surface area contributed by atoms with Crippen LogP contribution in [0.15, 0.2) is 11.6 Å². The van der Waals surface area contributed by atoms with Gasteiger partial charge in [0.1, 0.15) is 18.3 Å². The molecule has 7 N–H and O–H groups in total. The molecule has 0 radical (unpaired) electrons. The van der Waals surface area contributed by atoms with Crippen LogP contribution in [0.4, 0.5) is 0 Å². The molecule has 0 aromatic rings. The maximum absolute atomic E-state index is 13.4. The maximum Gasteiger partial charge on any atom is 0.310 e. The maximum atomic E-state index is 13.4. The number of aliphatic hydroxyl groups is 6. The molecule has 0 aromatic heterocycles. The Hall–Kier alpha value is -1.11. The molecular weight excluding hydrogens is 628 g/mol. The van der Waals surface area contributed by atoms with Gasteiger partial charge in [-0.1, -0.05) is 45.3 Å². The molecule has 2 bridgehead atoms.